The zero-order valence-corrected chi connectivity index (χ0v) is 22.8. The van der Waals surface area contributed by atoms with Crippen molar-refractivity contribution in [3.05, 3.63) is 54.6 Å². The van der Waals surface area contributed by atoms with E-state index in [9.17, 15) is 19.5 Å². The number of anilines is 1. The van der Waals surface area contributed by atoms with Crippen molar-refractivity contribution in [2.24, 2.45) is 17.8 Å². The number of amides is 2. The van der Waals surface area contributed by atoms with Crippen LogP contribution in [0.25, 0.3) is 0 Å². The van der Waals surface area contributed by atoms with Gasteiger partial charge in [0.05, 0.1) is 47.9 Å². The third-order valence-electron chi connectivity index (χ3n) is 8.08. The van der Waals surface area contributed by atoms with Gasteiger partial charge >= 0.3 is 5.97 Å². The van der Waals surface area contributed by atoms with Crippen molar-refractivity contribution in [1.29, 1.82) is 0 Å². The molecular weight excluding hydrogens is 508 g/mol. The van der Waals surface area contributed by atoms with Gasteiger partial charge in [0.1, 0.15) is 11.6 Å². The Balaban J connectivity index is 1.76. The number of esters is 1. The number of aliphatic hydroxyl groups excluding tert-OH is 1. The van der Waals surface area contributed by atoms with Crippen molar-refractivity contribution in [3.8, 4) is 0 Å². The van der Waals surface area contributed by atoms with Gasteiger partial charge < -0.3 is 24.4 Å². The maximum absolute atomic E-state index is 14.5. The van der Waals surface area contributed by atoms with E-state index in [1.807, 2.05) is 13.8 Å². The normalized spacial score (nSPS) is 28.3. The van der Waals surface area contributed by atoms with Gasteiger partial charge in [-0.2, -0.15) is 0 Å². The molecule has 3 fully saturated rings. The fourth-order valence-corrected chi connectivity index (χ4v) is 6.60. The van der Waals surface area contributed by atoms with Crippen molar-refractivity contribution in [3.63, 3.8) is 0 Å². The second-order valence-corrected chi connectivity index (χ2v) is 11.0. The molecule has 2 amide bonds. The number of halogens is 1. The van der Waals surface area contributed by atoms with Gasteiger partial charge in [0.15, 0.2) is 0 Å². The third-order valence-corrected chi connectivity index (χ3v) is 8.40. The summed E-state index contributed by atoms with van der Waals surface area (Å²) in [6, 6.07) is 5.31. The second kappa shape index (κ2) is 11.6. The molecule has 3 aliphatic heterocycles. The highest BCUT2D eigenvalue weighted by Crippen LogP contribution is 2.59. The first-order valence-electron chi connectivity index (χ1n) is 13.3. The first-order valence-corrected chi connectivity index (χ1v) is 13.7. The van der Waals surface area contributed by atoms with Gasteiger partial charge in [0.25, 0.3) is 5.91 Å². The number of hydrogen-bond donors (Lipinski definition) is 1. The van der Waals surface area contributed by atoms with E-state index in [4.69, 9.17) is 21.1 Å². The second-order valence-electron chi connectivity index (χ2n) is 10.6. The number of likely N-dealkylation sites (tertiary alicyclic amines) is 1. The predicted octanol–water partition coefficient (Wildman–Crippen LogP) is 3.76. The van der Waals surface area contributed by atoms with Crippen LogP contribution in [-0.2, 0) is 23.9 Å². The zero-order chi connectivity index (χ0) is 27.6. The largest absolute Gasteiger partial charge is 0.465 e. The van der Waals surface area contributed by atoms with Crippen LogP contribution in [0.5, 0.6) is 0 Å². The Morgan fingerprint density at radius 2 is 2.05 bits per heavy atom. The number of fused-ring (bicyclic) bond motifs is 1. The van der Waals surface area contributed by atoms with Crippen molar-refractivity contribution < 1.29 is 29.0 Å². The van der Waals surface area contributed by atoms with Gasteiger partial charge in [-0.3, -0.25) is 14.4 Å². The number of rotatable bonds is 12. The van der Waals surface area contributed by atoms with Crippen LogP contribution in [0, 0.1) is 17.8 Å². The summed E-state index contributed by atoms with van der Waals surface area (Å²) in [5.74, 6) is -3.04. The number of carbonyl (C=O) groups is 3. The smallest absolute Gasteiger partial charge is 0.312 e. The summed E-state index contributed by atoms with van der Waals surface area (Å²) < 4.78 is 12.0. The van der Waals surface area contributed by atoms with Crippen LogP contribution in [0.1, 0.15) is 39.5 Å². The van der Waals surface area contributed by atoms with Crippen molar-refractivity contribution in [2.45, 2.75) is 63.3 Å². The lowest BCUT2D eigenvalue weighted by Crippen LogP contribution is -2.59. The molecule has 0 radical (unpaired) electrons. The minimum absolute atomic E-state index is 0.149. The molecule has 0 saturated carbocycles. The number of benzene rings is 1. The molecule has 38 heavy (non-hydrogen) atoms. The molecule has 206 valence electrons. The van der Waals surface area contributed by atoms with Crippen LogP contribution < -0.4 is 4.90 Å². The average molecular weight is 545 g/mol. The van der Waals surface area contributed by atoms with E-state index < -0.39 is 41.6 Å². The highest BCUT2D eigenvalue weighted by Gasteiger charge is 2.75. The molecule has 9 heteroatoms. The van der Waals surface area contributed by atoms with Crippen LogP contribution in [0.2, 0.25) is 5.02 Å². The summed E-state index contributed by atoms with van der Waals surface area (Å²) in [5.41, 5.74) is -0.714. The van der Waals surface area contributed by atoms with Crippen LogP contribution in [0.3, 0.4) is 0 Å². The molecule has 6 atom stereocenters. The summed E-state index contributed by atoms with van der Waals surface area (Å²) in [7, 11) is 0. The number of hydrogen-bond acceptors (Lipinski definition) is 6. The zero-order valence-electron chi connectivity index (χ0n) is 22.1. The Morgan fingerprint density at radius 1 is 1.32 bits per heavy atom. The fraction of sp³-hybridized carbons (Fsp3) is 0.552. The Kier molecular flexibility index (Phi) is 8.65. The lowest BCUT2D eigenvalue weighted by atomic mass is 9.70. The monoisotopic (exact) mass is 544 g/mol. The maximum atomic E-state index is 14.5. The summed E-state index contributed by atoms with van der Waals surface area (Å²) >= 11 is 6.49. The molecule has 1 spiro atoms. The molecule has 3 aliphatic rings. The highest BCUT2D eigenvalue weighted by atomic mass is 35.5. The molecule has 2 unspecified atom stereocenters. The number of aliphatic hydroxyl groups is 1. The Bertz CT molecular complexity index is 1090. The number of nitrogens with zero attached hydrogens (tertiary/aromatic N) is 2. The molecule has 1 aromatic carbocycles. The molecule has 4 rings (SSSR count). The molecule has 2 bridgehead atoms. The SMILES string of the molecule is C=CCCCOC(=O)[C@@H]1[C@@H]2CCC3(O2)C(C(=O)N(CC=C)c2ccccc2Cl)N([C@@H](CO)C(C)C)C(=O)[C@H]13. The first kappa shape index (κ1) is 28.3. The van der Waals surface area contributed by atoms with Crippen LogP contribution >= 0.6 is 11.6 Å². The van der Waals surface area contributed by atoms with Gasteiger partial charge in [0.2, 0.25) is 5.91 Å². The number of para-hydroxylation sites is 1. The van der Waals surface area contributed by atoms with Crippen molar-refractivity contribution >= 4 is 35.1 Å². The van der Waals surface area contributed by atoms with Crippen molar-refractivity contribution in [1.82, 2.24) is 4.90 Å². The molecule has 0 aliphatic carbocycles. The van der Waals surface area contributed by atoms with E-state index >= 15 is 0 Å². The van der Waals surface area contributed by atoms with E-state index in [0.29, 0.717) is 36.4 Å². The Morgan fingerprint density at radius 3 is 2.68 bits per heavy atom. The number of ether oxygens (including phenoxy) is 2. The summed E-state index contributed by atoms with van der Waals surface area (Å²) in [6.45, 7) is 11.3. The molecular formula is C29H37ClN2O6. The van der Waals surface area contributed by atoms with Crippen LogP contribution in [0.15, 0.2) is 49.6 Å². The fourth-order valence-electron chi connectivity index (χ4n) is 6.37. The lowest BCUT2D eigenvalue weighted by Gasteiger charge is -2.40. The molecule has 1 N–H and O–H groups in total. The van der Waals surface area contributed by atoms with Gasteiger partial charge in [0, 0.05) is 6.54 Å². The van der Waals surface area contributed by atoms with Gasteiger partial charge in [-0.15, -0.1) is 13.2 Å². The van der Waals surface area contributed by atoms with E-state index in [-0.39, 0.29) is 37.5 Å². The van der Waals surface area contributed by atoms with E-state index in [1.54, 1.807) is 36.4 Å². The number of carbonyl (C=O) groups excluding carboxylic acids is 3. The number of unbranched alkanes of at least 4 members (excludes halogenated alkanes) is 1. The Labute approximate surface area is 229 Å². The van der Waals surface area contributed by atoms with Gasteiger partial charge in [-0.1, -0.05) is 49.7 Å². The summed E-state index contributed by atoms with van der Waals surface area (Å²) in [6.07, 6.45) is 5.18. The maximum Gasteiger partial charge on any atom is 0.312 e. The summed E-state index contributed by atoms with van der Waals surface area (Å²) in [4.78, 5) is 44.9. The number of allylic oxidation sites excluding steroid dienone is 1. The predicted molar refractivity (Wildman–Crippen MR) is 145 cm³/mol. The third kappa shape index (κ3) is 4.67. The minimum atomic E-state index is -1.20. The molecule has 8 nitrogen and oxygen atoms in total. The minimum Gasteiger partial charge on any atom is -0.465 e. The van der Waals surface area contributed by atoms with E-state index in [2.05, 4.69) is 13.2 Å². The quantitative estimate of drug-likeness (QED) is 0.244. The van der Waals surface area contributed by atoms with Crippen molar-refractivity contribution in [2.75, 3.05) is 24.7 Å². The van der Waals surface area contributed by atoms with E-state index in [1.165, 1.54) is 9.80 Å². The van der Waals surface area contributed by atoms with E-state index in [0.717, 1.165) is 0 Å². The lowest BCUT2D eigenvalue weighted by molar-refractivity contribution is -0.156. The molecule has 0 aromatic heterocycles. The van der Waals surface area contributed by atoms with Crippen LogP contribution in [-0.4, -0.2) is 71.3 Å². The molecule has 3 heterocycles. The average Bonchev–Trinajstić information content (AvgIpc) is 3.53. The topological polar surface area (TPSA) is 96.4 Å². The molecule has 1 aromatic rings. The van der Waals surface area contributed by atoms with Gasteiger partial charge in [-0.05, 0) is 43.7 Å². The Hall–Kier alpha value is -2.68. The van der Waals surface area contributed by atoms with Gasteiger partial charge in [-0.25, -0.2) is 0 Å². The standard InChI is InChI=1S/C29H37ClN2O6/c1-5-7-10-16-37-28(36)23-22-13-14-29(38-22)24(23)26(34)32(21(17-33)18(3)4)25(29)27(35)31(15-6-2)20-12-9-8-11-19(20)30/h5-6,8-9,11-12,18,21-25,33H,1-2,7,10,13-17H2,3-4H3/t21-,22-,23+,24-,25?,29?/m0/s1. The summed E-state index contributed by atoms with van der Waals surface area (Å²) in [5, 5.41) is 10.7. The molecule has 3 saturated heterocycles. The van der Waals surface area contributed by atoms with Crippen LogP contribution in [0.4, 0.5) is 5.69 Å². The highest BCUT2D eigenvalue weighted by molar-refractivity contribution is 6.34. The first-order chi connectivity index (χ1) is 18.2.